The van der Waals surface area contributed by atoms with Crippen LogP contribution in [0.2, 0.25) is 0 Å². The van der Waals surface area contributed by atoms with Crippen LogP contribution in [0.1, 0.15) is 51.4 Å². The Morgan fingerprint density at radius 2 is 1.55 bits per heavy atom. The van der Waals surface area contributed by atoms with E-state index < -0.39 is 0 Å². The van der Waals surface area contributed by atoms with Gasteiger partial charge in [-0.3, -0.25) is 10.2 Å². The molecule has 112 valence electrons. The Labute approximate surface area is 131 Å². The molecule has 3 heteroatoms. The first-order valence-electron chi connectivity index (χ1n) is 8.84. The van der Waals surface area contributed by atoms with Crippen LogP contribution in [-0.4, -0.2) is 35.0 Å². The van der Waals surface area contributed by atoms with Gasteiger partial charge in [0.2, 0.25) is 0 Å². The van der Waals surface area contributed by atoms with Crippen molar-refractivity contribution >= 4 is 15.9 Å². The lowest BCUT2D eigenvalue weighted by Crippen LogP contribution is -2.55. The van der Waals surface area contributed by atoms with Gasteiger partial charge in [-0.05, 0) is 74.5 Å². The van der Waals surface area contributed by atoms with Gasteiger partial charge in [0, 0.05) is 24.0 Å². The lowest BCUT2D eigenvalue weighted by Gasteiger charge is -2.59. The summed E-state index contributed by atoms with van der Waals surface area (Å²) in [5, 5.41) is 4.08. The maximum absolute atomic E-state index is 4.08. The number of nitrogens with zero attached hydrogens (tertiary/aromatic N) is 1. The molecule has 0 aromatic carbocycles. The molecule has 0 amide bonds. The SMILES string of the molecule is BrC1CCC2NC(C34CC5CC(CC(C5)C3)C4)CN2C1. The number of halogens is 1. The average Bonchev–Trinajstić information content (AvgIpc) is 2.80. The molecule has 4 bridgehead atoms. The first kappa shape index (κ1) is 12.9. The summed E-state index contributed by atoms with van der Waals surface area (Å²) >= 11 is 3.84. The molecule has 6 rings (SSSR count). The van der Waals surface area contributed by atoms with E-state index in [1.807, 2.05) is 0 Å². The fraction of sp³-hybridized carbons (Fsp3) is 1.00. The summed E-state index contributed by atoms with van der Waals surface area (Å²) in [6.07, 6.45) is 12.8. The van der Waals surface area contributed by atoms with Gasteiger partial charge in [0.15, 0.2) is 0 Å². The fourth-order valence-corrected chi connectivity index (χ4v) is 7.52. The van der Waals surface area contributed by atoms with Crippen LogP contribution >= 0.6 is 15.9 Å². The van der Waals surface area contributed by atoms with Crippen LogP contribution in [0.5, 0.6) is 0 Å². The molecule has 20 heavy (non-hydrogen) atoms. The topological polar surface area (TPSA) is 15.3 Å². The van der Waals surface area contributed by atoms with E-state index in [4.69, 9.17) is 0 Å². The number of fused-ring (bicyclic) bond motifs is 1. The van der Waals surface area contributed by atoms with Crippen LogP contribution in [0.15, 0.2) is 0 Å². The minimum Gasteiger partial charge on any atom is -0.297 e. The predicted octanol–water partition coefficient (Wildman–Crippen LogP) is 3.36. The Hall–Kier alpha value is 0.400. The molecule has 4 saturated carbocycles. The molecule has 0 radical (unpaired) electrons. The molecule has 6 aliphatic rings. The molecule has 2 heterocycles. The fourth-order valence-electron chi connectivity index (χ4n) is 6.88. The number of rotatable bonds is 1. The standard InChI is InChI=1S/C17H27BrN2/c18-14-1-2-16-19-15(10-20(16)9-14)17-6-11-3-12(7-17)5-13(4-11)8-17/h11-16,19H,1-10H2. The number of alkyl halides is 1. The van der Waals surface area contributed by atoms with Crippen LogP contribution in [-0.2, 0) is 0 Å². The van der Waals surface area contributed by atoms with Gasteiger partial charge in [-0.25, -0.2) is 0 Å². The van der Waals surface area contributed by atoms with Crippen molar-refractivity contribution in [1.29, 1.82) is 0 Å². The Kier molecular flexibility index (Phi) is 2.87. The van der Waals surface area contributed by atoms with Crippen LogP contribution in [0.4, 0.5) is 0 Å². The summed E-state index contributed by atoms with van der Waals surface area (Å²) in [6.45, 7) is 2.60. The maximum atomic E-state index is 4.08. The van der Waals surface area contributed by atoms with Crippen LogP contribution < -0.4 is 5.32 Å². The van der Waals surface area contributed by atoms with Crippen molar-refractivity contribution in [2.45, 2.75) is 68.4 Å². The number of nitrogens with one attached hydrogen (secondary N) is 1. The van der Waals surface area contributed by atoms with E-state index in [0.29, 0.717) is 11.6 Å². The normalized spacial score (nSPS) is 58.0. The Morgan fingerprint density at radius 1 is 0.900 bits per heavy atom. The van der Waals surface area contributed by atoms with Crippen molar-refractivity contribution in [2.75, 3.05) is 13.1 Å². The zero-order chi connectivity index (χ0) is 13.3. The van der Waals surface area contributed by atoms with E-state index in [-0.39, 0.29) is 0 Å². The molecule has 6 fully saturated rings. The molecule has 3 unspecified atom stereocenters. The lowest BCUT2D eigenvalue weighted by molar-refractivity contribution is -0.0696. The zero-order valence-corrected chi connectivity index (χ0v) is 13.9. The second-order valence-corrected chi connectivity index (χ2v) is 9.94. The lowest BCUT2D eigenvalue weighted by atomic mass is 9.48. The summed E-state index contributed by atoms with van der Waals surface area (Å²) in [7, 11) is 0. The van der Waals surface area contributed by atoms with Crippen molar-refractivity contribution in [1.82, 2.24) is 10.2 Å². The van der Waals surface area contributed by atoms with Gasteiger partial charge in [0.25, 0.3) is 0 Å². The van der Waals surface area contributed by atoms with Gasteiger partial charge in [0.1, 0.15) is 0 Å². The summed E-state index contributed by atoms with van der Waals surface area (Å²) in [6, 6.07) is 0.804. The van der Waals surface area contributed by atoms with E-state index in [9.17, 15) is 0 Å². The molecule has 1 N–H and O–H groups in total. The van der Waals surface area contributed by atoms with Crippen molar-refractivity contribution in [3.05, 3.63) is 0 Å². The van der Waals surface area contributed by atoms with E-state index in [1.54, 1.807) is 38.5 Å². The van der Waals surface area contributed by atoms with E-state index in [1.165, 1.54) is 25.9 Å². The summed E-state index contributed by atoms with van der Waals surface area (Å²) in [5.41, 5.74) is 0.688. The third kappa shape index (κ3) is 1.88. The number of hydrogen-bond donors (Lipinski definition) is 1. The van der Waals surface area contributed by atoms with Crippen molar-refractivity contribution < 1.29 is 0 Å². The second kappa shape index (κ2) is 4.45. The van der Waals surface area contributed by atoms with E-state index in [0.717, 1.165) is 28.6 Å². The average molecular weight is 339 g/mol. The maximum Gasteiger partial charge on any atom is 0.0601 e. The summed E-state index contributed by atoms with van der Waals surface area (Å²) in [4.78, 5) is 3.47. The number of hydrogen-bond acceptors (Lipinski definition) is 2. The second-order valence-electron chi connectivity index (χ2n) is 8.64. The first-order valence-corrected chi connectivity index (χ1v) is 9.76. The van der Waals surface area contributed by atoms with Crippen LogP contribution in [0.3, 0.4) is 0 Å². The smallest absolute Gasteiger partial charge is 0.0601 e. The van der Waals surface area contributed by atoms with Gasteiger partial charge in [-0.1, -0.05) is 15.9 Å². The van der Waals surface area contributed by atoms with Gasteiger partial charge in [-0.2, -0.15) is 0 Å². The molecule has 3 atom stereocenters. The first-order chi connectivity index (χ1) is 9.70. The molecule has 0 aromatic rings. The monoisotopic (exact) mass is 338 g/mol. The number of piperidine rings is 1. The summed E-state index contributed by atoms with van der Waals surface area (Å²) < 4.78 is 0. The van der Waals surface area contributed by atoms with Crippen molar-refractivity contribution in [3.8, 4) is 0 Å². The molecule has 2 aliphatic heterocycles. The minimum absolute atomic E-state index is 0.688. The molecule has 2 nitrogen and oxygen atoms in total. The summed E-state index contributed by atoms with van der Waals surface area (Å²) in [5.74, 6) is 3.26. The van der Waals surface area contributed by atoms with Gasteiger partial charge in [0.05, 0.1) is 6.17 Å². The van der Waals surface area contributed by atoms with Crippen molar-refractivity contribution in [3.63, 3.8) is 0 Å². The third-order valence-corrected chi connectivity index (χ3v) is 8.01. The zero-order valence-electron chi connectivity index (χ0n) is 12.4. The highest BCUT2D eigenvalue weighted by Crippen LogP contribution is 2.61. The highest BCUT2D eigenvalue weighted by atomic mass is 79.9. The molecular formula is C17H27BrN2. The van der Waals surface area contributed by atoms with Crippen LogP contribution in [0.25, 0.3) is 0 Å². The Morgan fingerprint density at radius 3 is 2.20 bits per heavy atom. The highest BCUT2D eigenvalue weighted by molar-refractivity contribution is 9.09. The third-order valence-electron chi connectivity index (χ3n) is 7.26. The Bertz CT molecular complexity index is 375. The van der Waals surface area contributed by atoms with E-state index >= 15 is 0 Å². The minimum atomic E-state index is 0.688. The molecular weight excluding hydrogens is 312 g/mol. The van der Waals surface area contributed by atoms with E-state index in [2.05, 4.69) is 26.1 Å². The quantitative estimate of drug-likeness (QED) is 0.737. The molecule has 4 aliphatic carbocycles. The molecule has 2 saturated heterocycles. The van der Waals surface area contributed by atoms with Crippen LogP contribution in [0, 0.1) is 23.2 Å². The largest absolute Gasteiger partial charge is 0.297 e. The van der Waals surface area contributed by atoms with Gasteiger partial charge < -0.3 is 0 Å². The molecule has 0 spiro atoms. The predicted molar refractivity (Wildman–Crippen MR) is 84.8 cm³/mol. The van der Waals surface area contributed by atoms with Gasteiger partial charge >= 0.3 is 0 Å². The Balaban J connectivity index is 1.38. The highest BCUT2D eigenvalue weighted by Gasteiger charge is 2.56. The van der Waals surface area contributed by atoms with Gasteiger partial charge in [-0.15, -0.1) is 0 Å². The van der Waals surface area contributed by atoms with Crippen molar-refractivity contribution in [2.24, 2.45) is 23.2 Å². The molecule has 0 aromatic heterocycles.